The SMILES string of the molecule is CC(=O)Nc1nc(C(=O)NCc2ccc(N(C)C)cc2)cs1. The van der Waals surface area contributed by atoms with Gasteiger partial charge >= 0.3 is 0 Å². The Bertz CT molecular complexity index is 664. The number of hydrogen-bond acceptors (Lipinski definition) is 5. The number of aromatic nitrogens is 1. The molecule has 6 nitrogen and oxygen atoms in total. The summed E-state index contributed by atoms with van der Waals surface area (Å²) in [6.07, 6.45) is 0. The topological polar surface area (TPSA) is 74.3 Å². The molecule has 0 radical (unpaired) electrons. The van der Waals surface area contributed by atoms with Crippen LogP contribution >= 0.6 is 11.3 Å². The molecule has 0 unspecified atom stereocenters. The summed E-state index contributed by atoms with van der Waals surface area (Å²) in [4.78, 5) is 29.0. The van der Waals surface area contributed by atoms with E-state index < -0.39 is 0 Å². The van der Waals surface area contributed by atoms with E-state index in [0.29, 0.717) is 17.4 Å². The lowest BCUT2D eigenvalue weighted by molar-refractivity contribution is -0.114. The zero-order valence-electron chi connectivity index (χ0n) is 12.7. The first-order valence-corrected chi connectivity index (χ1v) is 7.61. The Balaban J connectivity index is 1.92. The molecular weight excluding hydrogens is 300 g/mol. The molecule has 0 saturated heterocycles. The summed E-state index contributed by atoms with van der Waals surface area (Å²) in [5.74, 6) is -0.466. The molecule has 0 aliphatic carbocycles. The Morgan fingerprint density at radius 1 is 1.23 bits per heavy atom. The molecule has 1 aromatic carbocycles. The van der Waals surface area contributed by atoms with Crippen LogP contribution < -0.4 is 15.5 Å². The van der Waals surface area contributed by atoms with E-state index in [-0.39, 0.29) is 11.8 Å². The number of thiazole rings is 1. The van der Waals surface area contributed by atoms with E-state index >= 15 is 0 Å². The number of benzene rings is 1. The number of amides is 2. The first-order chi connectivity index (χ1) is 10.5. The molecule has 2 amide bonds. The van der Waals surface area contributed by atoms with Gasteiger partial charge in [0.2, 0.25) is 5.91 Å². The van der Waals surface area contributed by atoms with Gasteiger partial charge in [-0.1, -0.05) is 12.1 Å². The average molecular weight is 318 g/mol. The van der Waals surface area contributed by atoms with Gasteiger partial charge in [0.25, 0.3) is 5.91 Å². The fourth-order valence-electron chi connectivity index (χ4n) is 1.77. The van der Waals surface area contributed by atoms with Crippen molar-refractivity contribution < 1.29 is 9.59 Å². The van der Waals surface area contributed by atoms with Crippen molar-refractivity contribution in [2.24, 2.45) is 0 Å². The summed E-state index contributed by atoms with van der Waals surface area (Å²) in [7, 11) is 3.96. The zero-order valence-corrected chi connectivity index (χ0v) is 13.5. The van der Waals surface area contributed by atoms with Crippen molar-refractivity contribution in [3.63, 3.8) is 0 Å². The second-order valence-corrected chi connectivity index (χ2v) is 5.82. The smallest absolute Gasteiger partial charge is 0.271 e. The van der Waals surface area contributed by atoms with Crippen LogP contribution in [0.3, 0.4) is 0 Å². The molecule has 2 N–H and O–H groups in total. The normalized spacial score (nSPS) is 10.1. The van der Waals surface area contributed by atoms with Gasteiger partial charge in [0, 0.05) is 38.6 Å². The molecular formula is C15H18N4O2S. The van der Waals surface area contributed by atoms with E-state index in [0.717, 1.165) is 11.3 Å². The zero-order chi connectivity index (χ0) is 16.1. The lowest BCUT2D eigenvalue weighted by Crippen LogP contribution is -2.23. The minimum atomic E-state index is -0.260. The molecule has 1 aromatic heterocycles. The van der Waals surface area contributed by atoms with Gasteiger partial charge in [0.1, 0.15) is 5.69 Å². The number of nitrogens with zero attached hydrogens (tertiary/aromatic N) is 2. The van der Waals surface area contributed by atoms with Crippen molar-refractivity contribution >= 4 is 34.0 Å². The summed E-state index contributed by atoms with van der Waals surface area (Å²) in [6, 6.07) is 7.94. The van der Waals surface area contributed by atoms with Crippen LogP contribution in [0.15, 0.2) is 29.6 Å². The molecule has 0 spiro atoms. The monoisotopic (exact) mass is 318 g/mol. The number of rotatable bonds is 5. The number of carbonyl (C=O) groups is 2. The highest BCUT2D eigenvalue weighted by Gasteiger charge is 2.11. The lowest BCUT2D eigenvalue weighted by Gasteiger charge is -2.12. The second-order valence-electron chi connectivity index (χ2n) is 4.96. The van der Waals surface area contributed by atoms with E-state index in [1.54, 1.807) is 5.38 Å². The molecule has 1 heterocycles. The van der Waals surface area contributed by atoms with E-state index in [1.165, 1.54) is 18.3 Å². The number of anilines is 2. The first kappa shape index (κ1) is 16.0. The molecule has 2 rings (SSSR count). The van der Waals surface area contributed by atoms with Crippen LogP contribution in [0.2, 0.25) is 0 Å². The fourth-order valence-corrected chi connectivity index (χ4v) is 2.51. The van der Waals surface area contributed by atoms with E-state index in [9.17, 15) is 9.59 Å². The molecule has 0 saturated carbocycles. The van der Waals surface area contributed by atoms with Crippen LogP contribution in [-0.2, 0) is 11.3 Å². The predicted octanol–water partition coefficient (Wildman–Crippen LogP) is 2.10. The van der Waals surface area contributed by atoms with Gasteiger partial charge in [0.05, 0.1) is 0 Å². The van der Waals surface area contributed by atoms with Gasteiger partial charge in [-0.05, 0) is 17.7 Å². The van der Waals surface area contributed by atoms with Gasteiger partial charge in [-0.2, -0.15) is 0 Å². The molecule has 0 bridgehead atoms. The Morgan fingerprint density at radius 3 is 2.50 bits per heavy atom. The minimum Gasteiger partial charge on any atom is -0.378 e. The number of carbonyl (C=O) groups excluding carboxylic acids is 2. The third-order valence-electron chi connectivity index (χ3n) is 2.93. The van der Waals surface area contributed by atoms with E-state index in [4.69, 9.17) is 0 Å². The van der Waals surface area contributed by atoms with E-state index in [2.05, 4.69) is 15.6 Å². The lowest BCUT2D eigenvalue weighted by atomic mass is 10.2. The second kappa shape index (κ2) is 7.04. The van der Waals surface area contributed by atoms with Gasteiger partial charge < -0.3 is 15.5 Å². The highest BCUT2D eigenvalue weighted by Crippen LogP contribution is 2.15. The summed E-state index contributed by atoms with van der Waals surface area (Å²) in [5, 5.41) is 7.41. The standard InChI is InChI=1S/C15H18N4O2S/c1-10(20)17-15-18-13(9-22-15)14(21)16-8-11-4-6-12(7-5-11)19(2)3/h4-7,9H,8H2,1-3H3,(H,16,21)(H,17,18,20). The van der Waals surface area contributed by atoms with Crippen molar-refractivity contribution in [2.75, 3.05) is 24.3 Å². The summed E-state index contributed by atoms with van der Waals surface area (Å²) >= 11 is 1.22. The van der Waals surface area contributed by atoms with Crippen LogP contribution in [0.25, 0.3) is 0 Å². The van der Waals surface area contributed by atoms with Crippen LogP contribution in [0.4, 0.5) is 10.8 Å². The maximum atomic E-state index is 12.0. The van der Waals surface area contributed by atoms with Crippen LogP contribution in [-0.4, -0.2) is 30.9 Å². The Hall–Kier alpha value is -2.41. The number of hydrogen-bond donors (Lipinski definition) is 2. The maximum absolute atomic E-state index is 12.0. The van der Waals surface area contributed by atoms with Gasteiger partial charge in [-0.15, -0.1) is 11.3 Å². The summed E-state index contributed by atoms with van der Waals surface area (Å²) < 4.78 is 0. The van der Waals surface area contributed by atoms with Gasteiger partial charge in [-0.3, -0.25) is 9.59 Å². The molecule has 116 valence electrons. The molecule has 22 heavy (non-hydrogen) atoms. The van der Waals surface area contributed by atoms with E-state index in [1.807, 2.05) is 43.3 Å². The van der Waals surface area contributed by atoms with Gasteiger partial charge in [0.15, 0.2) is 5.13 Å². The summed E-state index contributed by atoms with van der Waals surface area (Å²) in [6.45, 7) is 1.83. The van der Waals surface area contributed by atoms with Crippen molar-refractivity contribution in [1.82, 2.24) is 10.3 Å². The molecule has 0 fully saturated rings. The summed E-state index contributed by atoms with van der Waals surface area (Å²) in [5.41, 5.74) is 2.42. The van der Waals surface area contributed by atoms with Crippen molar-refractivity contribution in [1.29, 1.82) is 0 Å². The number of nitrogens with one attached hydrogen (secondary N) is 2. The Kier molecular flexibility index (Phi) is 5.11. The molecule has 0 aliphatic rings. The van der Waals surface area contributed by atoms with Gasteiger partial charge in [-0.25, -0.2) is 4.98 Å². The predicted molar refractivity (Wildman–Crippen MR) is 88.4 cm³/mol. The van der Waals surface area contributed by atoms with Crippen molar-refractivity contribution in [2.45, 2.75) is 13.5 Å². The highest BCUT2D eigenvalue weighted by molar-refractivity contribution is 7.14. The Morgan fingerprint density at radius 2 is 1.91 bits per heavy atom. The third-order valence-corrected chi connectivity index (χ3v) is 3.68. The van der Waals surface area contributed by atoms with Crippen molar-refractivity contribution in [3.8, 4) is 0 Å². The third kappa shape index (κ3) is 4.29. The van der Waals surface area contributed by atoms with Crippen LogP contribution in [0.1, 0.15) is 23.0 Å². The molecule has 0 aliphatic heterocycles. The minimum absolute atomic E-state index is 0.206. The maximum Gasteiger partial charge on any atom is 0.271 e. The molecule has 2 aromatic rings. The average Bonchev–Trinajstić information content (AvgIpc) is 2.93. The van der Waals surface area contributed by atoms with Crippen LogP contribution in [0.5, 0.6) is 0 Å². The molecule has 0 atom stereocenters. The Labute approximate surface area is 133 Å². The quantitative estimate of drug-likeness (QED) is 0.885. The molecule has 7 heteroatoms. The van der Waals surface area contributed by atoms with Crippen LogP contribution in [0, 0.1) is 0 Å². The van der Waals surface area contributed by atoms with Crippen molar-refractivity contribution in [3.05, 3.63) is 40.9 Å². The highest BCUT2D eigenvalue weighted by atomic mass is 32.1. The largest absolute Gasteiger partial charge is 0.378 e. The fraction of sp³-hybridized carbons (Fsp3) is 0.267. The first-order valence-electron chi connectivity index (χ1n) is 6.73.